The van der Waals surface area contributed by atoms with E-state index in [0.717, 1.165) is 17.2 Å². The summed E-state index contributed by atoms with van der Waals surface area (Å²) in [6.45, 7) is 3.17. The molecule has 2 heterocycles. The maximum absolute atomic E-state index is 12.5. The lowest BCUT2D eigenvalue weighted by molar-refractivity contribution is -0.142. The molecular formula is C14H21F3N4O. The van der Waals surface area contributed by atoms with Crippen LogP contribution in [-0.4, -0.2) is 58.7 Å². The smallest absolute Gasteiger partial charge is 0.339 e. The summed E-state index contributed by atoms with van der Waals surface area (Å²) in [6.07, 6.45) is -2.32. The van der Waals surface area contributed by atoms with Crippen molar-refractivity contribution in [1.82, 2.24) is 19.6 Å². The number of amides is 1. The van der Waals surface area contributed by atoms with Crippen molar-refractivity contribution in [2.75, 3.05) is 27.2 Å². The van der Waals surface area contributed by atoms with E-state index in [1.165, 1.54) is 6.20 Å². The van der Waals surface area contributed by atoms with Crippen molar-refractivity contribution < 1.29 is 18.0 Å². The molecule has 0 saturated carbocycles. The third-order valence-electron chi connectivity index (χ3n) is 4.18. The number of nitrogens with zero attached hydrogens (tertiary/aromatic N) is 4. The van der Waals surface area contributed by atoms with Crippen LogP contribution in [0.4, 0.5) is 13.2 Å². The SMILES string of the molecule is CC[C@H]1CN(C(=O)Cn2ccc(C(F)(F)F)n2)C[C@H]1N(C)C. The molecule has 2 rings (SSSR count). The van der Waals surface area contributed by atoms with Crippen molar-refractivity contribution in [3.63, 3.8) is 0 Å². The Labute approximate surface area is 127 Å². The van der Waals surface area contributed by atoms with Crippen molar-refractivity contribution in [3.8, 4) is 0 Å². The van der Waals surface area contributed by atoms with E-state index in [0.29, 0.717) is 19.0 Å². The van der Waals surface area contributed by atoms with E-state index in [4.69, 9.17) is 0 Å². The van der Waals surface area contributed by atoms with Gasteiger partial charge in [0.25, 0.3) is 0 Å². The van der Waals surface area contributed by atoms with Crippen LogP contribution >= 0.6 is 0 Å². The van der Waals surface area contributed by atoms with E-state index >= 15 is 0 Å². The van der Waals surface area contributed by atoms with Gasteiger partial charge in [0.15, 0.2) is 5.69 Å². The number of likely N-dealkylation sites (N-methyl/N-ethyl adjacent to an activating group) is 1. The molecular weight excluding hydrogens is 297 g/mol. The van der Waals surface area contributed by atoms with Crippen LogP contribution < -0.4 is 0 Å². The topological polar surface area (TPSA) is 41.4 Å². The Morgan fingerprint density at radius 3 is 2.55 bits per heavy atom. The average molecular weight is 318 g/mol. The van der Waals surface area contributed by atoms with Gasteiger partial charge in [-0.3, -0.25) is 9.48 Å². The minimum Gasteiger partial charge on any atom is -0.339 e. The summed E-state index contributed by atoms with van der Waals surface area (Å²) >= 11 is 0. The molecule has 124 valence electrons. The van der Waals surface area contributed by atoms with Gasteiger partial charge in [-0.1, -0.05) is 13.3 Å². The fourth-order valence-electron chi connectivity index (χ4n) is 2.88. The minimum atomic E-state index is -4.48. The van der Waals surface area contributed by atoms with E-state index in [2.05, 4.69) is 16.9 Å². The summed E-state index contributed by atoms with van der Waals surface area (Å²) in [5.74, 6) is 0.196. The molecule has 0 bridgehead atoms. The number of carbonyl (C=O) groups excluding carboxylic acids is 1. The number of likely N-dealkylation sites (tertiary alicyclic amines) is 1. The first-order valence-electron chi connectivity index (χ1n) is 7.27. The molecule has 22 heavy (non-hydrogen) atoms. The van der Waals surface area contributed by atoms with Gasteiger partial charge >= 0.3 is 6.18 Å². The van der Waals surface area contributed by atoms with Crippen molar-refractivity contribution in [2.24, 2.45) is 5.92 Å². The zero-order valence-electron chi connectivity index (χ0n) is 13.0. The van der Waals surface area contributed by atoms with Crippen LogP contribution in [0.3, 0.4) is 0 Å². The van der Waals surface area contributed by atoms with Crippen molar-refractivity contribution in [2.45, 2.75) is 32.1 Å². The molecule has 2 atom stereocenters. The average Bonchev–Trinajstić information content (AvgIpc) is 3.03. The molecule has 1 amide bonds. The summed E-state index contributed by atoms with van der Waals surface area (Å²) in [6, 6.07) is 1.17. The lowest BCUT2D eigenvalue weighted by atomic mass is 10.0. The molecule has 0 N–H and O–H groups in total. The van der Waals surface area contributed by atoms with E-state index in [-0.39, 0.29) is 18.5 Å². The zero-order chi connectivity index (χ0) is 16.5. The van der Waals surface area contributed by atoms with Crippen LogP contribution in [0.25, 0.3) is 0 Å². The van der Waals surface area contributed by atoms with Gasteiger partial charge < -0.3 is 9.80 Å². The van der Waals surface area contributed by atoms with Crippen LogP contribution in [0.15, 0.2) is 12.3 Å². The molecule has 0 spiro atoms. The molecule has 8 heteroatoms. The third kappa shape index (κ3) is 3.60. The van der Waals surface area contributed by atoms with Crippen LogP contribution in [0.1, 0.15) is 19.0 Å². The van der Waals surface area contributed by atoms with Gasteiger partial charge in [0.05, 0.1) is 0 Å². The molecule has 1 saturated heterocycles. The molecule has 1 aliphatic rings. The predicted octanol–water partition coefficient (Wildman–Crippen LogP) is 1.70. The van der Waals surface area contributed by atoms with Gasteiger partial charge in [-0.05, 0) is 26.1 Å². The molecule has 0 unspecified atom stereocenters. The van der Waals surface area contributed by atoms with Crippen LogP contribution in [0.2, 0.25) is 0 Å². The summed E-state index contributed by atoms with van der Waals surface area (Å²) in [5, 5.41) is 3.42. The number of rotatable bonds is 4. The van der Waals surface area contributed by atoms with Gasteiger partial charge in [0.1, 0.15) is 6.54 Å². The van der Waals surface area contributed by atoms with Crippen molar-refractivity contribution >= 4 is 5.91 Å². The Morgan fingerprint density at radius 2 is 2.09 bits per heavy atom. The zero-order valence-corrected chi connectivity index (χ0v) is 13.0. The molecule has 0 radical (unpaired) electrons. The Bertz CT molecular complexity index is 526. The van der Waals surface area contributed by atoms with Gasteiger partial charge in [0, 0.05) is 25.3 Å². The summed E-state index contributed by atoms with van der Waals surface area (Å²) in [7, 11) is 3.95. The number of hydrogen-bond acceptors (Lipinski definition) is 3. The number of carbonyl (C=O) groups is 1. The van der Waals surface area contributed by atoms with Crippen LogP contribution in [0.5, 0.6) is 0 Å². The lowest BCUT2D eigenvalue weighted by Crippen LogP contribution is -2.37. The minimum absolute atomic E-state index is 0.160. The number of alkyl halides is 3. The highest BCUT2D eigenvalue weighted by atomic mass is 19.4. The van der Waals surface area contributed by atoms with Gasteiger partial charge in [-0.15, -0.1) is 0 Å². The van der Waals surface area contributed by atoms with E-state index in [1.54, 1.807) is 4.90 Å². The standard InChI is InChI=1S/C14H21F3N4O/c1-4-10-7-20(8-11(10)19(2)3)13(22)9-21-6-5-12(18-21)14(15,16)17/h5-6,10-11H,4,7-9H2,1-3H3/t10-,11+/m0/s1. The number of halogens is 3. The Morgan fingerprint density at radius 1 is 1.41 bits per heavy atom. The highest BCUT2D eigenvalue weighted by Gasteiger charge is 2.36. The molecule has 0 aromatic carbocycles. The van der Waals surface area contributed by atoms with Gasteiger partial charge in [0.2, 0.25) is 5.91 Å². The maximum atomic E-state index is 12.5. The van der Waals surface area contributed by atoms with E-state index < -0.39 is 11.9 Å². The van der Waals surface area contributed by atoms with E-state index in [9.17, 15) is 18.0 Å². The number of aromatic nitrogens is 2. The summed E-state index contributed by atoms with van der Waals surface area (Å²) in [4.78, 5) is 16.1. The molecule has 1 aromatic rings. The van der Waals surface area contributed by atoms with Crippen molar-refractivity contribution in [3.05, 3.63) is 18.0 Å². The maximum Gasteiger partial charge on any atom is 0.435 e. The lowest BCUT2D eigenvalue weighted by Gasteiger charge is -2.23. The van der Waals surface area contributed by atoms with Gasteiger partial charge in [-0.25, -0.2) is 0 Å². The fourth-order valence-corrected chi connectivity index (χ4v) is 2.88. The normalized spacial score (nSPS) is 22.6. The van der Waals surface area contributed by atoms with Crippen LogP contribution in [0, 0.1) is 5.92 Å². The summed E-state index contributed by atoms with van der Waals surface area (Å²) in [5.41, 5.74) is -0.973. The second-order valence-electron chi connectivity index (χ2n) is 5.89. The first-order valence-corrected chi connectivity index (χ1v) is 7.27. The molecule has 0 aliphatic carbocycles. The molecule has 1 aliphatic heterocycles. The highest BCUT2D eigenvalue weighted by molar-refractivity contribution is 5.76. The molecule has 1 aromatic heterocycles. The second kappa shape index (κ2) is 6.28. The first kappa shape index (κ1) is 16.8. The highest BCUT2D eigenvalue weighted by Crippen LogP contribution is 2.27. The van der Waals surface area contributed by atoms with E-state index in [1.807, 2.05) is 14.1 Å². The fraction of sp³-hybridized carbons (Fsp3) is 0.714. The Hall–Kier alpha value is -1.57. The third-order valence-corrected chi connectivity index (χ3v) is 4.18. The quantitative estimate of drug-likeness (QED) is 0.848. The second-order valence-corrected chi connectivity index (χ2v) is 5.89. The predicted molar refractivity (Wildman–Crippen MR) is 75.1 cm³/mol. The molecule has 5 nitrogen and oxygen atoms in total. The first-order chi connectivity index (χ1) is 10.2. The Balaban J connectivity index is 2.00. The van der Waals surface area contributed by atoms with Crippen LogP contribution in [-0.2, 0) is 17.5 Å². The van der Waals surface area contributed by atoms with Crippen molar-refractivity contribution in [1.29, 1.82) is 0 Å². The van der Waals surface area contributed by atoms with Gasteiger partial charge in [-0.2, -0.15) is 18.3 Å². The monoisotopic (exact) mass is 318 g/mol. The largest absolute Gasteiger partial charge is 0.435 e. The number of hydrogen-bond donors (Lipinski definition) is 0. The molecule has 1 fully saturated rings. The Kier molecular flexibility index (Phi) is 4.79. The summed E-state index contributed by atoms with van der Waals surface area (Å²) < 4.78 is 38.6.